The predicted molar refractivity (Wildman–Crippen MR) is 40.3 cm³/mol. The molecule has 1 rings (SSSR count). The maximum Gasteiger partial charge on any atom is 0.221 e. The fourth-order valence-electron chi connectivity index (χ4n) is 0.556. The topological polar surface area (TPSA) is 49.3 Å². The first-order chi connectivity index (χ1) is 4.70. The van der Waals surface area contributed by atoms with Crippen molar-refractivity contribution in [2.75, 3.05) is 5.32 Å². The van der Waals surface area contributed by atoms with Crippen molar-refractivity contribution in [3.8, 4) is 5.75 Å². The van der Waals surface area contributed by atoms with E-state index in [9.17, 15) is 4.79 Å². The number of hydrogen-bond donors (Lipinski definition) is 2. The van der Waals surface area contributed by atoms with Crippen molar-refractivity contribution >= 4 is 22.2 Å². The van der Waals surface area contributed by atoms with Crippen molar-refractivity contribution in [1.29, 1.82) is 0 Å². The van der Waals surface area contributed by atoms with Crippen molar-refractivity contribution in [3.05, 3.63) is 11.4 Å². The minimum absolute atomic E-state index is 0.125. The lowest BCUT2D eigenvalue weighted by Crippen LogP contribution is -2.03. The van der Waals surface area contributed by atoms with Gasteiger partial charge in [0.1, 0.15) is 10.8 Å². The van der Waals surface area contributed by atoms with Gasteiger partial charge in [-0.1, -0.05) is 0 Å². The molecule has 0 aliphatic rings. The SMILES string of the molecule is CC(=O)Nc1sccc1O. The van der Waals surface area contributed by atoms with Crippen LogP contribution in [-0.4, -0.2) is 11.0 Å². The van der Waals surface area contributed by atoms with Crippen molar-refractivity contribution in [1.82, 2.24) is 0 Å². The number of rotatable bonds is 1. The first kappa shape index (κ1) is 7.08. The zero-order valence-electron chi connectivity index (χ0n) is 5.42. The third-order valence-electron chi connectivity index (χ3n) is 0.934. The number of hydrogen-bond acceptors (Lipinski definition) is 3. The van der Waals surface area contributed by atoms with Crippen LogP contribution in [0.4, 0.5) is 5.00 Å². The van der Waals surface area contributed by atoms with Gasteiger partial charge in [-0.3, -0.25) is 4.79 Å². The van der Waals surface area contributed by atoms with E-state index in [1.54, 1.807) is 5.38 Å². The van der Waals surface area contributed by atoms with E-state index in [0.717, 1.165) is 0 Å². The molecule has 1 aromatic heterocycles. The number of aromatic hydroxyl groups is 1. The van der Waals surface area contributed by atoms with Crippen molar-refractivity contribution < 1.29 is 9.90 Å². The number of nitrogens with one attached hydrogen (secondary N) is 1. The fourth-order valence-corrected chi connectivity index (χ4v) is 1.28. The third-order valence-corrected chi connectivity index (χ3v) is 1.75. The molecular formula is C6H7NO2S. The number of carbonyl (C=O) groups is 1. The summed E-state index contributed by atoms with van der Waals surface area (Å²) >= 11 is 1.30. The average molecular weight is 157 g/mol. The number of amides is 1. The van der Waals surface area contributed by atoms with Gasteiger partial charge >= 0.3 is 0 Å². The summed E-state index contributed by atoms with van der Waals surface area (Å²) in [6, 6.07) is 1.54. The van der Waals surface area contributed by atoms with E-state index in [-0.39, 0.29) is 11.7 Å². The van der Waals surface area contributed by atoms with Gasteiger partial charge in [0.2, 0.25) is 5.91 Å². The van der Waals surface area contributed by atoms with Crippen LogP contribution in [-0.2, 0) is 4.79 Å². The number of anilines is 1. The van der Waals surface area contributed by atoms with Crippen LogP contribution in [0.2, 0.25) is 0 Å². The first-order valence-corrected chi connectivity index (χ1v) is 3.62. The van der Waals surface area contributed by atoms with Crippen LogP contribution in [0.15, 0.2) is 11.4 Å². The molecule has 0 radical (unpaired) electrons. The second kappa shape index (κ2) is 2.70. The van der Waals surface area contributed by atoms with E-state index < -0.39 is 0 Å². The van der Waals surface area contributed by atoms with Gasteiger partial charge < -0.3 is 10.4 Å². The molecule has 0 bridgehead atoms. The van der Waals surface area contributed by atoms with Crippen LogP contribution >= 0.6 is 11.3 Å². The Balaban J connectivity index is 2.74. The molecule has 1 aromatic rings. The summed E-state index contributed by atoms with van der Waals surface area (Å²) in [6.07, 6.45) is 0. The Labute approximate surface area is 62.3 Å². The highest BCUT2D eigenvalue weighted by Crippen LogP contribution is 2.28. The largest absolute Gasteiger partial charge is 0.505 e. The van der Waals surface area contributed by atoms with Gasteiger partial charge in [-0.25, -0.2) is 0 Å². The molecule has 1 amide bonds. The van der Waals surface area contributed by atoms with Crippen LogP contribution in [0.25, 0.3) is 0 Å². The van der Waals surface area contributed by atoms with Gasteiger partial charge in [-0.15, -0.1) is 11.3 Å². The second-order valence-electron chi connectivity index (χ2n) is 1.82. The second-order valence-corrected chi connectivity index (χ2v) is 2.73. The average Bonchev–Trinajstić information content (AvgIpc) is 2.15. The molecule has 10 heavy (non-hydrogen) atoms. The molecule has 0 unspecified atom stereocenters. The molecule has 2 N–H and O–H groups in total. The highest BCUT2D eigenvalue weighted by Gasteiger charge is 2.01. The molecule has 0 aliphatic carbocycles. The summed E-state index contributed by atoms with van der Waals surface area (Å²) < 4.78 is 0. The molecule has 4 heteroatoms. The predicted octanol–water partition coefficient (Wildman–Crippen LogP) is 1.41. The van der Waals surface area contributed by atoms with Crippen molar-refractivity contribution in [2.24, 2.45) is 0 Å². The quantitative estimate of drug-likeness (QED) is 0.647. The molecule has 0 fully saturated rings. The van der Waals surface area contributed by atoms with Crippen molar-refractivity contribution in [3.63, 3.8) is 0 Å². The Bertz CT molecular complexity index is 244. The molecule has 0 saturated heterocycles. The van der Waals surface area contributed by atoms with Crippen LogP contribution in [0.5, 0.6) is 5.75 Å². The van der Waals surface area contributed by atoms with Gasteiger partial charge in [0.25, 0.3) is 0 Å². The third kappa shape index (κ3) is 1.48. The Morgan fingerprint density at radius 3 is 2.90 bits per heavy atom. The molecule has 0 aliphatic heterocycles. The normalized spacial score (nSPS) is 9.30. The Morgan fingerprint density at radius 2 is 2.50 bits per heavy atom. The van der Waals surface area contributed by atoms with Crippen molar-refractivity contribution in [2.45, 2.75) is 6.92 Å². The monoisotopic (exact) mass is 157 g/mol. The summed E-state index contributed by atoms with van der Waals surface area (Å²) in [5.74, 6) is -0.0436. The molecular weight excluding hydrogens is 150 g/mol. The van der Waals surface area contributed by atoms with Crippen LogP contribution in [0, 0.1) is 0 Å². The maximum absolute atomic E-state index is 10.4. The summed E-state index contributed by atoms with van der Waals surface area (Å²) in [6.45, 7) is 1.40. The smallest absolute Gasteiger partial charge is 0.221 e. The molecule has 54 valence electrons. The number of thiophene rings is 1. The van der Waals surface area contributed by atoms with E-state index in [2.05, 4.69) is 5.32 Å². The summed E-state index contributed by atoms with van der Waals surface area (Å²) in [7, 11) is 0. The minimum Gasteiger partial charge on any atom is -0.505 e. The lowest BCUT2D eigenvalue weighted by Gasteiger charge is -1.95. The minimum atomic E-state index is -0.169. The van der Waals surface area contributed by atoms with Gasteiger partial charge in [0, 0.05) is 6.92 Å². The standard InChI is InChI=1S/C6H7NO2S/c1-4(8)7-6-5(9)2-3-10-6/h2-3,9H,1H3,(H,7,8). The lowest BCUT2D eigenvalue weighted by atomic mass is 10.5. The fraction of sp³-hybridized carbons (Fsp3) is 0.167. The van der Waals surface area contributed by atoms with Gasteiger partial charge in [0.15, 0.2) is 0 Å². The van der Waals surface area contributed by atoms with Crippen LogP contribution in [0.1, 0.15) is 6.92 Å². The number of carbonyl (C=O) groups excluding carboxylic acids is 1. The Kier molecular flexibility index (Phi) is 1.91. The molecule has 3 nitrogen and oxygen atoms in total. The molecule has 0 aromatic carbocycles. The Morgan fingerprint density at radius 1 is 1.80 bits per heavy atom. The molecule has 0 atom stereocenters. The van der Waals surface area contributed by atoms with E-state index in [4.69, 9.17) is 5.11 Å². The van der Waals surface area contributed by atoms with Gasteiger partial charge in [-0.05, 0) is 11.4 Å². The van der Waals surface area contributed by atoms with Crippen LogP contribution < -0.4 is 5.32 Å². The molecule has 0 spiro atoms. The van der Waals surface area contributed by atoms with E-state index in [1.807, 2.05) is 0 Å². The zero-order valence-corrected chi connectivity index (χ0v) is 6.23. The highest BCUT2D eigenvalue weighted by atomic mass is 32.1. The van der Waals surface area contributed by atoms with Crippen LogP contribution in [0.3, 0.4) is 0 Å². The highest BCUT2D eigenvalue weighted by molar-refractivity contribution is 7.14. The Hall–Kier alpha value is -1.03. The molecule has 0 saturated carbocycles. The summed E-state index contributed by atoms with van der Waals surface area (Å²) in [5, 5.41) is 13.7. The first-order valence-electron chi connectivity index (χ1n) is 2.74. The molecule has 1 heterocycles. The van der Waals surface area contributed by atoms with Gasteiger partial charge in [-0.2, -0.15) is 0 Å². The van der Waals surface area contributed by atoms with E-state index in [0.29, 0.717) is 5.00 Å². The zero-order chi connectivity index (χ0) is 7.56. The summed E-state index contributed by atoms with van der Waals surface area (Å²) in [4.78, 5) is 10.4. The van der Waals surface area contributed by atoms with E-state index in [1.165, 1.54) is 24.3 Å². The van der Waals surface area contributed by atoms with E-state index >= 15 is 0 Å². The maximum atomic E-state index is 10.4. The lowest BCUT2D eigenvalue weighted by molar-refractivity contribution is -0.114. The summed E-state index contributed by atoms with van der Waals surface area (Å²) in [5.41, 5.74) is 0. The van der Waals surface area contributed by atoms with Gasteiger partial charge in [0.05, 0.1) is 0 Å².